The Morgan fingerprint density at radius 1 is 1.11 bits per heavy atom. The van der Waals surface area contributed by atoms with Crippen LogP contribution in [0.15, 0.2) is 24.3 Å². The van der Waals surface area contributed by atoms with Crippen LogP contribution in [0.25, 0.3) is 0 Å². The zero-order valence-electron chi connectivity index (χ0n) is 16.0. The van der Waals surface area contributed by atoms with Gasteiger partial charge < -0.3 is 20.1 Å². The van der Waals surface area contributed by atoms with Crippen LogP contribution in [0.3, 0.4) is 0 Å². The Hall–Kier alpha value is -2.93. The molecule has 0 unspecified atom stereocenters. The van der Waals surface area contributed by atoms with E-state index in [1.807, 2.05) is 0 Å². The number of aliphatic hydroxyl groups excluding tert-OH is 1. The van der Waals surface area contributed by atoms with Gasteiger partial charge in [0.1, 0.15) is 5.69 Å². The number of aromatic amines is 1. The SMILES string of the molecule is CC(=O)c1ccc(NC(=O)[C@@H](C)OC(=O)c2[nH]c(C)c([C@@H](C)O)c2C)cc1. The number of Topliss-reactive ketones (excluding diaryl/α,β-unsaturated/α-hetero) is 1. The fourth-order valence-corrected chi connectivity index (χ4v) is 2.90. The molecule has 2 rings (SSSR count). The van der Waals surface area contributed by atoms with E-state index in [9.17, 15) is 19.5 Å². The maximum Gasteiger partial charge on any atom is 0.355 e. The molecule has 1 aromatic heterocycles. The average Bonchev–Trinajstić information content (AvgIpc) is 2.89. The number of rotatable bonds is 6. The molecule has 7 nitrogen and oxygen atoms in total. The molecule has 0 bridgehead atoms. The van der Waals surface area contributed by atoms with Crippen LogP contribution in [0, 0.1) is 13.8 Å². The molecule has 0 saturated heterocycles. The van der Waals surface area contributed by atoms with E-state index in [1.54, 1.807) is 45.0 Å². The van der Waals surface area contributed by atoms with E-state index in [-0.39, 0.29) is 11.5 Å². The molecule has 1 aromatic carbocycles. The van der Waals surface area contributed by atoms with Gasteiger partial charge in [-0.2, -0.15) is 0 Å². The molecule has 0 fully saturated rings. The minimum Gasteiger partial charge on any atom is -0.448 e. The molecular formula is C20H24N2O5. The van der Waals surface area contributed by atoms with E-state index < -0.39 is 24.1 Å². The van der Waals surface area contributed by atoms with Gasteiger partial charge in [0.15, 0.2) is 11.9 Å². The van der Waals surface area contributed by atoms with Crippen molar-refractivity contribution in [2.24, 2.45) is 0 Å². The molecule has 0 aliphatic heterocycles. The van der Waals surface area contributed by atoms with Crippen molar-refractivity contribution in [3.8, 4) is 0 Å². The normalized spacial score (nSPS) is 13.0. The van der Waals surface area contributed by atoms with Crippen LogP contribution < -0.4 is 5.32 Å². The van der Waals surface area contributed by atoms with Crippen LogP contribution in [-0.2, 0) is 9.53 Å². The van der Waals surface area contributed by atoms with Crippen LogP contribution >= 0.6 is 0 Å². The predicted molar refractivity (Wildman–Crippen MR) is 101 cm³/mol. The van der Waals surface area contributed by atoms with Gasteiger partial charge in [-0.1, -0.05) is 0 Å². The number of nitrogens with one attached hydrogen (secondary N) is 2. The number of hydrogen-bond donors (Lipinski definition) is 3. The summed E-state index contributed by atoms with van der Waals surface area (Å²) in [7, 11) is 0. The Balaban J connectivity index is 2.04. The van der Waals surface area contributed by atoms with Crippen LogP contribution in [-0.4, -0.2) is 33.9 Å². The minimum atomic E-state index is -1.03. The van der Waals surface area contributed by atoms with Gasteiger partial charge in [-0.05, 0) is 64.4 Å². The summed E-state index contributed by atoms with van der Waals surface area (Å²) in [5, 5.41) is 12.4. The molecule has 0 saturated carbocycles. The Bertz CT molecular complexity index is 865. The zero-order chi connectivity index (χ0) is 20.3. The lowest BCUT2D eigenvalue weighted by molar-refractivity contribution is -0.123. The van der Waals surface area contributed by atoms with Gasteiger partial charge in [-0.25, -0.2) is 4.79 Å². The summed E-state index contributed by atoms with van der Waals surface area (Å²) >= 11 is 0. The quantitative estimate of drug-likeness (QED) is 0.533. The molecule has 3 N–H and O–H groups in total. The monoisotopic (exact) mass is 372 g/mol. The number of carbonyl (C=O) groups excluding carboxylic acids is 3. The highest BCUT2D eigenvalue weighted by molar-refractivity contribution is 5.98. The first-order chi connectivity index (χ1) is 12.6. The first-order valence-electron chi connectivity index (χ1n) is 8.61. The number of aliphatic hydroxyl groups is 1. The molecular weight excluding hydrogens is 348 g/mol. The van der Waals surface area contributed by atoms with Gasteiger partial charge in [-0.15, -0.1) is 0 Å². The molecule has 0 aliphatic rings. The van der Waals surface area contributed by atoms with E-state index >= 15 is 0 Å². The van der Waals surface area contributed by atoms with E-state index in [2.05, 4.69) is 10.3 Å². The van der Waals surface area contributed by atoms with Crippen LogP contribution in [0.2, 0.25) is 0 Å². The average molecular weight is 372 g/mol. The number of benzene rings is 1. The second kappa shape index (κ2) is 8.18. The van der Waals surface area contributed by atoms with Gasteiger partial charge in [0, 0.05) is 22.5 Å². The third-order valence-corrected chi connectivity index (χ3v) is 4.33. The highest BCUT2D eigenvalue weighted by Gasteiger charge is 2.24. The van der Waals surface area contributed by atoms with Crippen molar-refractivity contribution in [2.45, 2.75) is 46.8 Å². The number of hydrogen-bond acceptors (Lipinski definition) is 5. The number of amides is 1. The second-order valence-corrected chi connectivity index (χ2v) is 6.51. The summed E-state index contributed by atoms with van der Waals surface area (Å²) in [6.45, 7) is 8.02. The maximum atomic E-state index is 12.4. The smallest absolute Gasteiger partial charge is 0.355 e. The number of esters is 1. The van der Waals surface area contributed by atoms with Gasteiger partial charge in [-0.3, -0.25) is 9.59 Å². The van der Waals surface area contributed by atoms with E-state index in [1.165, 1.54) is 13.8 Å². The lowest BCUT2D eigenvalue weighted by atomic mass is 10.1. The van der Waals surface area contributed by atoms with Crippen molar-refractivity contribution >= 4 is 23.3 Å². The predicted octanol–water partition coefficient (Wildman–Crippen LogP) is 3.07. The molecule has 1 heterocycles. The molecule has 0 spiro atoms. The Morgan fingerprint density at radius 3 is 2.19 bits per heavy atom. The lowest BCUT2D eigenvalue weighted by Gasteiger charge is -2.14. The number of H-pyrrole nitrogens is 1. The summed E-state index contributed by atoms with van der Waals surface area (Å²) in [5.41, 5.74) is 3.17. The number of aryl methyl sites for hydroxylation is 1. The number of aromatic nitrogens is 1. The summed E-state index contributed by atoms with van der Waals surface area (Å²) in [6, 6.07) is 6.43. The van der Waals surface area contributed by atoms with Crippen LogP contribution in [0.5, 0.6) is 0 Å². The summed E-state index contributed by atoms with van der Waals surface area (Å²) in [6.07, 6.45) is -1.75. The number of ketones is 1. The topological polar surface area (TPSA) is 108 Å². The molecule has 2 aromatic rings. The van der Waals surface area contributed by atoms with Gasteiger partial charge in [0.25, 0.3) is 5.91 Å². The third kappa shape index (κ3) is 4.62. The first-order valence-corrected chi connectivity index (χ1v) is 8.61. The fourth-order valence-electron chi connectivity index (χ4n) is 2.90. The largest absolute Gasteiger partial charge is 0.448 e. The van der Waals surface area contributed by atoms with Crippen LogP contribution in [0.1, 0.15) is 64.5 Å². The Kier molecular flexibility index (Phi) is 6.17. The molecule has 0 aliphatic carbocycles. The minimum absolute atomic E-state index is 0.0663. The van der Waals surface area contributed by atoms with Crippen molar-refractivity contribution in [1.82, 2.24) is 4.98 Å². The van der Waals surface area contributed by atoms with Gasteiger partial charge >= 0.3 is 5.97 Å². The lowest BCUT2D eigenvalue weighted by Crippen LogP contribution is -2.30. The van der Waals surface area contributed by atoms with E-state index in [0.717, 1.165) is 0 Å². The molecule has 144 valence electrons. The van der Waals surface area contributed by atoms with E-state index in [4.69, 9.17) is 4.74 Å². The third-order valence-electron chi connectivity index (χ3n) is 4.33. The molecule has 7 heteroatoms. The maximum absolute atomic E-state index is 12.4. The van der Waals surface area contributed by atoms with Crippen LogP contribution in [0.4, 0.5) is 5.69 Å². The van der Waals surface area contributed by atoms with Crippen molar-refractivity contribution in [3.63, 3.8) is 0 Å². The number of anilines is 1. The molecule has 0 radical (unpaired) electrons. The Morgan fingerprint density at radius 2 is 1.70 bits per heavy atom. The van der Waals surface area contributed by atoms with Gasteiger partial charge in [0.2, 0.25) is 0 Å². The van der Waals surface area contributed by atoms with Gasteiger partial charge in [0.05, 0.1) is 6.10 Å². The number of carbonyl (C=O) groups is 3. The fraction of sp³-hybridized carbons (Fsp3) is 0.350. The first kappa shape index (κ1) is 20.4. The molecule has 2 atom stereocenters. The summed E-state index contributed by atoms with van der Waals surface area (Å²) < 4.78 is 5.24. The summed E-state index contributed by atoms with van der Waals surface area (Å²) in [5.74, 6) is -1.23. The van der Waals surface area contributed by atoms with E-state index in [0.29, 0.717) is 28.1 Å². The van der Waals surface area contributed by atoms with Crippen molar-refractivity contribution in [1.29, 1.82) is 0 Å². The number of ether oxygens (including phenoxy) is 1. The molecule has 27 heavy (non-hydrogen) atoms. The highest BCUT2D eigenvalue weighted by atomic mass is 16.5. The second-order valence-electron chi connectivity index (χ2n) is 6.51. The Labute approximate surface area is 157 Å². The van der Waals surface area contributed by atoms with Crippen molar-refractivity contribution < 1.29 is 24.2 Å². The standard InChI is InChI=1S/C20H24N2O5/c1-10-17(13(4)24)11(2)21-18(10)20(26)27-14(5)19(25)22-16-8-6-15(7-9-16)12(3)23/h6-9,13-14,21,24H,1-5H3,(H,22,25)/t13-,14-/m1/s1. The highest BCUT2D eigenvalue weighted by Crippen LogP contribution is 2.25. The van der Waals surface area contributed by atoms with Crippen molar-refractivity contribution in [3.05, 3.63) is 52.3 Å². The van der Waals surface area contributed by atoms with Crippen molar-refractivity contribution in [2.75, 3.05) is 5.32 Å². The summed E-state index contributed by atoms with van der Waals surface area (Å²) in [4.78, 5) is 38.8. The molecule has 1 amide bonds. The zero-order valence-corrected chi connectivity index (χ0v) is 16.0.